The monoisotopic (exact) mass is 225 g/mol. The lowest BCUT2D eigenvalue weighted by atomic mass is 10.1. The van der Waals surface area contributed by atoms with E-state index in [2.05, 4.69) is 5.32 Å². The van der Waals surface area contributed by atoms with Gasteiger partial charge >= 0.3 is 0 Å². The van der Waals surface area contributed by atoms with Gasteiger partial charge in [-0.15, -0.1) is 0 Å². The average molecular weight is 225 g/mol. The third-order valence-corrected chi connectivity index (χ3v) is 2.32. The molecule has 0 heterocycles. The highest BCUT2D eigenvalue weighted by Crippen LogP contribution is 2.19. The number of benzene rings is 1. The quantitative estimate of drug-likeness (QED) is 0.826. The normalized spacial score (nSPS) is 12.2. The average Bonchev–Trinajstić information content (AvgIpc) is 2.17. The van der Waals surface area contributed by atoms with Gasteiger partial charge in [0.1, 0.15) is 17.1 Å². The summed E-state index contributed by atoms with van der Waals surface area (Å²) in [7, 11) is 0. The second kappa shape index (κ2) is 5.49. The summed E-state index contributed by atoms with van der Waals surface area (Å²) < 4.78 is 13.3. The number of hydrogen-bond acceptors (Lipinski definition) is 2. The first-order chi connectivity index (χ1) is 7.56. The van der Waals surface area contributed by atoms with Gasteiger partial charge in [-0.05, 0) is 25.5 Å². The molecule has 3 nitrogen and oxygen atoms in total. The Kier molecular flexibility index (Phi) is 4.28. The first kappa shape index (κ1) is 12.5. The molecular formula is C12H16FNO2. The van der Waals surface area contributed by atoms with Crippen molar-refractivity contribution >= 4 is 5.91 Å². The molecule has 0 radical (unpaired) electrons. The van der Waals surface area contributed by atoms with E-state index in [1.807, 2.05) is 13.8 Å². The number of hydrogen-bond donors (Lipinski definition) is 2. The van der Waals surface area contributed by atoms with E-state index < -0.39 is 11.7 Å². The fraction of sp³-hybridized carbons (Fsp3) is 0.417. The molecule has 0 saturated carbocycles. The summed E-state index contributed by atoms with van der Waals surface area (Å²) in [5, 5.41) is 12.0. The molecule has 0 aliphatic rings. The molecule has 1 amide bonds. The van der Waals surface area contributed by atoms with Gasteiger partial charge in [-0.1, -0.05) is 19.4 Å². The van der Waals surface area contributed by atoms with Crippen LogP contribution in [0.1, 0.15) is 37.0 Å². The standard InChI is InChI=1S/C12H16FNO2/c1-3-5-8(2)14-12(16)11-9(13)6-4-7-10(11)15/h4,6-8,15H,3,5H2,1-2H3,(H,14,16). The molecule has 2 N–H and O–H groups in total. The number of phenolic OH excluding ortho intramolecular Hbond substituents is 1. The first-order valence-corrected chi connectivity index (χ1v) is 5.34. The van der Waals surface area contributed by atoms with Gasteiger partial charge in [0, 0.05) is 6.04 Å². The van der Waals surface area contributed by atoms with Crippen molar-refractivity contribution in [1.82, 2.24) is 5.32 Å². The number of phenols is 1. The SMILES string of the molecule is CCCC(C)NC(=O)c1c(O)cccc1F. The molecule has 0 aliphatic carbocycles. The Balaban J connectivity index is 2.80. The summed E-state index contributed by atoms with van der Waals surface area (Å²) in [6.07, 6.45) is 1.76. The number of rotatable bonds is 4. The second-order valence-electron chi connectivity index (χ2n) is 3.80. The van der Waals surface area contributed by atoms with E-state index in [1.54, 1.807) is 0 Å². The van der Waals surface area contributed by atoms with Crippen LogP contribution in [0.5, 0.6) is 5.75 Å². The van der Waals surface area contributed by atoms with Crippen LogP contribution in [0.15, 0.2) is 18.2 Å². The molecule has 0 aliphatic heterocycles. The first-order valence-electron chi connectivity index (χ1n) is 5.34. The van der Waals surface area contributed by atoms with Crippen molar-refractivity contribution in [3.05, 3.63) is 29.6 Å². The third kappa shape index (κ3) is 2.95. The predicted molar refractivity (Wildman–Crippen MR) is 59.9 cm³/mol. The highest BCUT2D eigenvalue weighted by Gasteiger charge is 2.17. The predicted octanol–water partition coefficient (Wildman–Crippen LogP) is 2.45. The van der Waals surface area contributed by atoms with E-state index in [-0.39, 0.29) is 17.4 Å². The van der Waals surface area contributed by atoms with Crippen LogP contribution in [0.3, 0.4) is 0 Å². The van der Waals surface area contributed by atoms with Crippen LogP contribution in [-0.4, -0.2) is 17.1 Å². The molecule has 4 heteroatoms. The van der Waals surface area contributed by atoms with Gasteiger partial charge in [-0.3, -0.25) is 4.79 Å². The minimum atomic E-state index is -0.707. The summed E-state index contributed by atoms with van der Waals surface area (Å²) in [5.41, 5.74) is -0.287. The van der Waals surface area contributed by atoms with Gasteiger partial charge in [0.15, 0.2) is 0 Å². The van der Waals surface area contributed by atoms with Crippen LogP contribution in [-0.2, 0) is 0 Å². The zero-order valence-corrected chi connectivity index (χ0v) is 9.46. The molecule has 1 atom stereocenters. The van der Waals surface area contributed by atoms with Gasteiger partial charge in [0.2, 0.25) is 0 Å². The fourth-order valence-corrected chi connectivity index (χ4v) is 1.54. The van der Waals surface area contributed by atoms with Crippen molar-refractivity contribution in [2.75, 3.05) is 0 Å². The van der Waals surface area contributed by atoms with Crippen molar-refractivity contribution in [1.29, 1.82) is 0 Å². The van der Waals surface area contributed by atoms with E-state index in [1.165, 1.54) is 12.1 Å². The molecular weight excluding hydrogens is 209 g/mol. The summed E-state index contributed by atoms with van der Waals surface area (Å²) in [4.78, 5) is 11.7. The van der Waals surface area contributed by atoms with E-state index >= 15 is 0 Å². The molecule has 0 spiro atoms. The number of aromatic hydroxyl groups is 1. The largest absolute Gasteiger partial charge is 0.507 e. The number of nitrogens with one attached hydrogen (secondary N) is 1. The smallest absolute Gasteiger partial charge is 0.258 e. The van der Waals surface area contributed by atoms with Crippen LogP contribution in [0.25, 0.3) is 0 Å². The van der Waals surface area contributed by atoms with Crippen LogP contribution >= 0.6 is 0 Å². The maximum atomic E-state index is 13.3. The molecule has 1 unspecified atom stereocenters. The van der Waals surface area contributed by atoms with Crippen LogP contribution in [0, 0.1) is 5.82 Å². The molecule has 88 valence electrons. The molecule has 0 saturated heterocycles. The summed E-state index contributed by atoms with van der Waals surface area (Å²) in [6.45, 7) is 3.85. The van der Waals surface area contributed by atoms with E-state index in [0.29, 0.717) is 0 Å². The van der Waals surface area contributed by atoms with Gasteiger partial charge in [0.25, 0.3) is 5.91 Å². The lowest BCUT2D eigenvalue weighted by Gasteiger charge is -2.13. The van der Waals surface area contributed by atoms with Crippen molar-refractivity contribution in [3.8, 4) is 5.75 Å². The molecule has 1 aromatic carbocycles. The Bertz CT molecular complexity index is 359. The topological polar surface area (TPSA) is 49.3 Å². The Labute approximate surface area is 94.3 Å². The number of carbonyl (C=O) groups is 1. The van der Waals surface area contributed by atoms with Crippen molar-refractivity contribution in [3.63, 3.8) is 0 Å². The Morgan fingerprint density at radius 1 is 1.56 bits per heavy atom. The summed E-state index contributed by atoms with van der Waals surface area (Å²) in [5.74, 6) is -1.61. The minimum absolute atomic E-state index is 0.0310. The number of halogens is 1. The number of amides is 1. The van der Waals surface area contributed by atoms with Crippen molar-refractivity contribution in [2.45, 2.75) is 32.7 Å². The summed E-state index contributed by atoms with van der Waals surface area (Å²) in [6, 6.07) is 3.77. The van der Waals surface area contributed by atoms with Crippen molar-refractivity contribution in [2.24, 2.45) is 0 Å². The molecule has 16 heavy (non-hydrogen) atoms. The lowest BCUT2D eigenvalue weighted by molar-refractivity contribution is 0.0931. The maximum absolute atomic E-state index is 13.3. The highest BCUT2D eigenvalue weighted by molar-refractivity contribution is 5.97. The molecule has 1 aromatic rings. The lowest BCUT2D eigenvalue weighted by Crippen LogP contribution is -2.32. The van der Waals surface area contributed by atoms with Gasteiger partial charge in [-0.2, -0.15) is 0 Å². The molecule has 1 rings (SSSR count). The zero-order valence-electron chi connectivity index (χ0n) is 9.46. The van der Waals surface area contributed by atoms with E-state index in [4.69, 9.17) is 0 Å². The van der Waals surface area contributed by atoms with Crippen molar-refractivity contribution < 1.29 is 14.3 Å². The molecule has 0 fully saturated rings. The van der Waals surface area contributed by atoms with Crippen LogP contribution in [0.2, 0.25) is 0 Å². The fourth-order valence-electron chi connectivity index (χ4n) is 1.54. The Morgan fingerprint density at radius 3 is 2.81 bits per heavy atom. The zero-order chi connectivity index (χ0) is 12.1. The van der Waals surface area contributed by atoms with Crippen LogP contribution in [0.4, 0.5) is 4.39 Å². The van der Waals surface area contributed by atoms with E-state index in [0.717, 1.165) is 18.9 Å². The highest BCUT2D eigenvalue weighted by atomic mass is 19.1. The second-order valence-corrected chi connectivity index (χ2v) is 3.80. The minimum Gasteiger partial charge on any atom is -0.507 e. The van der Waals surface area contributed by atoms with Gasteiger partial charge in [-0.25, -0.2) is 4.39 Å². The van der Waals surface area contributed by atoms with Gasteiger partial charge in [0.05, 0.1) is 0 Å². The number of carbonyl (C=O) groups excluding carboxylic acids is 1. The summed E-state index contributed by atoms with van der Waals surface area (Å²) >= 11 is 0. The molecule has 0 bridgehead atoms. The third-order valence-electron chi connectivity index (χ3n) is 2.32. The van der Waals surface area contributed by atoms with Crippen LogP contribution < -0.4 is 5.32 Å². The Hall–Kier alpha value is -1.58. The molecule has 0 aromatic heterocycles. The van der Waals surface area contributed by atoms with Gasteiger partial charge < -0.3 is 10.4 Å². The maximum Gasteiger partial charge on any atom is 0.258 e. The Morgan fingerprint density at radius 2 is 2.25 bits per heavy atom. The van der Waals surface area contributed by atoms with E-state index in [9.17, 15) is 14.3 Å².